The second-order valence-corrected chi connectivity index (χ2v) is 9.68. The summed E-state index contributed by atoms with van der Waals surface area (Å²) in [6, 6.07) is 20.5. The maximum absolute atomic E-state index is 11.9. The Kier molecular flexibility index (Phi) is 6.90. The van der Waals surface area contributed by atoms with Gasteiger partial charge >= 0.3 is 5.97 Å². The minimum absolute atomic E-state index is 0.000235. The van der Waals surface area contributed by atoms with Crippen molar-refractivity contribution in [1.82, 2.24) is 15.0 Å². The summed E-state index contributed by atoms with van der Waals surface area (Å²) >= 11 is 1.62. The number of thioether (sulfide) groups is 1. The lowest BCUT2D eigenvalue weighted by Crippen LogP contribution is -2.29. The predicted molar refractivity (Wildman–Crippen MR) is 139 cm³/mol. The van der Waals surface area contributed by atoms with Crippen molar-refractivity contribution in [1.29, 1.82) is 0 Å². The molecule has 0 saturated carbocycles. The SMILES string of the molecule is COc1ccc(Cn2nnc(C(=O)O)c2CSc2ccc(N3CCCCC3)c3ccccc23)cc1. The summed E-state index contributed by atoms with van der Waals surface area (Å²) in [6.07, 6.45) is 3.76. The van der Waals surface area contributed by atoms with Crippen LogP contribution in [0.5, 0.6) is 5.75 Å². The third-order valence-corrected chi connectivity index (χ3v) is 7.54. The Morgan fingerprint density at radius 1 is 1.00 bits per heavy atom. The van der Waals surface area contributed by atoms with Crippen molar-refractivity contribution < 1.29 is 14.6 Å². The Hall–Kier alpha value is -3.52. The zero-order valence-electron chi connectivity index (χ0n) is 19.7. The molecular weight excluding hydrogens is 460 g/mol. The number of rotatable bonds is 8. The van der Waals surface area contributed by atoms with Gasteiger partial charge in [0.25, 0.3) is 0 Å². The molecule has 1 aromatic heterocycles. The smallest absolute Gasteiger partial charge is 0.358 e. The van der Waals surface area contributed by atoms with E-state index < -0.39 is 5.97 Å². The summed E-state index contributed by atoms with van der Waals surface area (Å²) in [4.78, 5) is 15.5. The van der Waals surface area contributed by atoms with Gasteiger partial charge in [0.15, 0.2) is 5.69 Å². The Labute approximate surface area is 208 Å². The van der Waals surface area contributed by atoms with Gasteiger partial charge in [0.1, 0.15) is 5.75 Å². The zero-order valence-corrected chi connectivity index (χ0v) is 20.5. The van der Waals surface area contributed by atoms with Crippen molar-refractivity contribution in [3.63, 3.8) is 0 Å². The fraction of sp³-hybridized carbons (Fsp3) is 0.296. The van der Waals surface area contributed by atoms with E-state index in [2.05, 4.69) is 51.6 Å². The van der Waals surface area contributed by atoms with E-state index >= 15 is 0 Å². The highest BCUT2D eigenvalue weighted by molar-refractivity contribution is 7.98. The number of hydrogen-bond donors (Lipinski definition) is 1. The van der Waals surface area contributed by atoms with E-state index in [9.17, 15) is 9.90 Å². The summed E-state index contributed by atoms with van der Waals surface area (Å²) in [5, 5.41) is 20.3. The fourth-order valence-corrected chi connectivity index (χ4v) is 5.69. The van der Waals surface area contributed by atoms with Gasteiger partial charge in [0.2, 0.25) is 0 Å². The number of anilines is 1. The molecule has 1 saturated heterocycles. The topological polar surface area (TPSA) is 80.5 Å². The maximum atomic E-state index is 11.9. The van der Waals surface area contributed by atoms with E-state index in [0.717, 1.165) is 29.3 Å². The molecule has 2 heterocycles. The molecule has 3 aromatic carbocycles. The van der Waals surface area contributed by atoms with Crippen LogP contribution in [0.3, 0.4) is 0 Å². The summed E-state index contributed by atoms with van der Waals surface area (Å²) < 4.78 is 6.91. The minimum Gasteiger partial charge on any atom is -0.497 e. The first-order valence-corrected chi connectivity index (χ1v) is 12.8. The average molecular weight is 489 g/mol. The fourth-order valence-electron chi connectivity index (χ4n) is 4.61. The Morgan fingerprint density at radius 2 is 1.74 bits per heavy atom. The van der Waals surface area contributed by atoms with Crippen LogP contribution in [0.25, 0.3) is 10.8 Å². The van der Waals surface area contributed by atoms with Gasteiger partial charge in [-0.3, -0.25) is 0 Å². The molecule has 0 spiro atoms. The highest BCUT2D eigenvalue weighted by Crippen LogP contribution is 2.37. The zero-order chi connectivity index (χ0) is 24.2. The summed E-state index contributed by atoms with van der Waals surface area (Å²) in [6.45, 7) is 2.62. The number of hydrogen-bond acceptors (Lipinski definition) is 6. The van der Waals surface area contributed by atoms with Crippen molar-refractivity contribution in [3.8, 4) is 5.75 Å². The molecule has 0 amide bonds. The molecule has 180 valence electrons. The monoisotopic (exact) mass is 488 g/mol. The molecule has 1 aliphatic rings. The number of carbonyl (C=O) groups is 1. The van der Waals surface area contributed by atoms with Gasteiger partial charge in [0.05, 0.1) is 19.3 Å². The number of methoxy groups -OCH3 is 1. The summed E-state index contributed by atoms with van der Waals surface area (Å²) in [5.41, 5.74) is 2.88. The summed E-state index contributed by atoms with van der Waals surface area (Å²) in [7, 11) is 1.63. The third-order valence-electron chi connectivity index (χ3n) is 6.45. The lowest BCUT2D eigenvalue weighted by molar-refractivity contribution is 0.0689. The molecule has 0 atom stereocenters. The number of aromatic carboxylic acids is 1. The molecule has 7 nitrogen and oxygen atoms in total. The largest absolute Gasteiger partial charge is 0.497 e. The van der Waals surface area contributed by atoms with Gasteiger partial charge in [-0.05, 0) is 54.5 Å². The van der Waals surface area contributed by atoms with Crippen molar-refractivity contribution in [2.45, 2.75) is 36.5 Å². The quantitative estimate of drug-likeness (QED) is 0.330. The predicted octanol–water partition coefficient (Wildman–Crippen LogP) is 5.47. The van der Waals surface area contributed by atoms with Crippen LogP contribution in [-0.2, 0) is 12.3 Å². The van der Waals surface area contributed by atoms with E-state index in [1.807, 2.05) is 24.3 Å². The number of ether oxygens (including phenoxy) is 1. The van der Waals surface area contributed by atoms with Crippen LogP contribution >= 0.6 is 11.8 Å². The summed E-state index contributed by atoms with van der Waals surface area (Å²) in [5.74, 6) is 0.166. The van der Waals surface area contributed by atoms with Crippen LogP contribution < -0.4 is 9.64 Å². The third kappa shape index (κ3) is 4.98. The van der Waals surface area contributed by atoms with Crippen molar-refractivity contribution >= 4 is 34.2 Å². The highest BCUT2D eigenvalue weighted by atomic mass is 32.2. The standard InChI is InChI=1S/C27H28N4O3S/c1-34-20-11-9-19(10-12-20)17-31-24(26(27(32)33)28-29-31)18-35-25-14-13-23(30-15-5-2-6-16-30)21-7-3-4-8-22(21)25/h3-4,7-14H,2,5-6,15-18H2,1H3,(H,32,33). The van der Waals surface area contributed by atoms with Gasteiger partial charge in [-0.15, -0.1) is 16.9 Å². The lowest BCUT2D eigenvalue weighted by atomic mass is 10.1. The molecule has 0 radical (unpaired) electrons. The van der Waals surface area contributed by atoms with E-state index in [4.69, 9.17) is 4.74 Å². The second-order valence-electron chi connectivity index (χ2n) is 8.66. The molecule has 4 aromatic rings. The number of aromatic nitrogens is 3. The maximum Gasteiger partial charge on any atom is 0.358 e. The number of carboxylic acids is 1. The van der Waals surface area contributed by atoms with Gasteiger partial charge in [0, 0.05) is 34.8 Å². The van der Waals surface area contributed by atoms with Crippen molar-refractivity contribution in [2.75, 3.05) is 25.1 Å². The van der Waals surface area contributed by atoms with Crippen LogP contribution in [0.15, 0.2) is 65.6 Å². The molecule has 8 heteroatoms. The van der Waals surface area contributed by atoms with Crippen LogP contribution in [0.4, 0.5) is 5.69 Å². The van der Waals surface area contributed by atoms with Crippen LogP contribution in [-0.4, -0.2) is 46.3 Å². The first-order chi connectivity index (χ1) is 17.1. The lowest BCUT2D eigenvalue weighted by Gasteiger charge is -2.30. The number of benzene rings is 3. The molecular formula is C27H28N4O3S. The molecule has 1 aliphatic heterocycles. The Bertz CT molecular complexity index is 1330. The van der Waals surface area contributed by atoms with Crippen molar-refractivity contribution in [3.05, 3.63) is 77.6 Å². The first-order valence-electron chi connectivity index (χ1n) is 11.8. The molecule has 0 aliphatic carbocycles. The number of nitrogens with zero attached hydrogens (tertiary/aromatic N) is 4. The van der Waals surface area contributed by atoms with Gasteiger partial charge < -0.3 is 14.7 Å². The number of fused-ring (bicyclic) bond motifs is 1. The van der Waals surface area contributed by atoms with Crippen LogP contribution in [0.2, 0.25) is 0 Å². The average Bonchev–Trinajstić information content (AvgIpc) is 3.30. The molecule has 0 unspecified atom stereocenters. The molecule has 0 bridgehead atoms. The number of piperidine rings is 1. The van der Waals surface area contributed by atoms with E-state index in [-0.39, 0.29) is 5.69 Å². The van der Waals surface area contributed by atoms with E-state index in [1.165, 1.54) is 35.7 Å². The molecule has 1 N–H and O–H groups in total. The first kappa shape index (κ1) is 23.2. The van der Waals surface area contributed by atoms with Gasteiger partial charge in [-0.2, -0.15) is 0 Å². The Balaban J connectivity index is 1.42. The molecule has 1 fully saturated rings. The number of carboxylic acid groups (broad SMARTS) is 1. The Morgan fingerprint density at radius 3 is 2.46 bits per heavy atom. The second kappa shape index (κ2) is 10.4. The van der Waals surface area contributed by atoms with Crippen LogP contribution in [0.1, 0.15) is 41.0 Å². The molecule has 5 rings (SSSR count). The van der Waals surface area contributed by atoms with E-state index in [1.54, 1.807) is 23.6 Å². The molecule has 35 heavy (non-hydrogen) atoms. The van der Waals surface area contributed by atoms with Gasteiger partial charge in [-0.1, -0.05) is 41.6 Å². The minimum atomic E-state index is -1.06. The van der Waals surface area contributed by atoms with Crippen molar-refractivity contribution in [2.24, 2.45) is 0 Å². The van der Waals surface area contributed by atoms with Gasteiger partial charge in [-0.25, -0.2) is 9.48 Å². The van der Waals surface area contributed by atoms with Crippen LogP contribution in [0, 0.1) is 0 Å². The highest BCUT2D eigenvalue weighted by Gasteiger charge is 2.21. The van der Waals surface area contributed by atoms with E-state index in [0.29, 0.717) is 18.0 Å². The normalized spacial score (nSPS) is 13.8.